The van der Waals surface area contributed by atoms with Crippen LogP contribution in [0.3, 0.4) is 0 Å². The first kappa shape index (κ1) is 19.6. The number of ether oxygens (including phenoxy) is 1. The number of benzene rings is 1. The van der Waals surface area contributed by atoms with Gasteiger partial charge in [0.15, 0.2) is 0 Å². The summed E-state index contributed by atoms with van der Waals surface area (Å²) in [5.41, 5.74) is 2.00. The molecule has 0 aliphatic carbocycles. The molecule has 0 atom stereocenters. The van der Waals surface area contributed by atoms with Crippen LogP contribution in [-0.2, 0) is 19.6 Å². The number of pyridine rings is 1. The van der Waals surface area contributed by atoms with Crippen LogP contribution in [0.5, 0.6) is 5.75 Å². The van der Waals surface area contributed by atoms with Crippen LogP contribution in [0.2, 0.25) is 0 Å². The number of nitrogens with zero attached hydrogens (tertiary/aromatic N) is 4. The molecule has 0 radical (unpaired) electrons. The highest BCUT2D eigenvalue weighted by molar-refractivity contribution is 7.11. The summed E-state index contributed by atoms with van der Waals surface area (Å²) in [5.74, 6) is 0.824. The number of aromatic nitrogens is 3. The fourth-order valence-electron chi connectivity index (χ4n) is 3.54. The lowest BCUT2D eigenvalue weighted by atomic mass is 10.2. The molecule has 0 saturated carbocycles. The van der Waals surface area contributed by atoms with E-state index in [4.69, 9.17) is 9.72 Å². The Morgan fingerprint density at radius 2 is 2.03 bits per heavy atom. The average molecular weight is 407 g/mol. The molecule has 5 nitrogen and oxygen atoms in total. The number of aryl methyl sites for hydroxylation is 2. The van der Waals surface area contributed by atoms with Gasteiger partial charge in [-0.25, -0.2) is 9.97 Å². The molecular formula is C23H26N4OS. The van der Waals surface area contributed by atoms with Crippen molar-refractivity contribution in [3.63, 3.8) is 0 Å². The minimum absolute atomic E-state index is 0.814. The van der Waals surface area contributed by atoms with Gasteiger partial charge in [0, 0.05) is 53.7 Å². The fraction of sp³-hybridized carbons (Fsp3) is 0.304. The average Bonchev–Trinajstić information content (AvgIpc) is 3.39. The van der Waals surface area contributed by atoms with Crippen molar-refractivity contribution >= 4 is 22.2 Å². The highest BCUT2D eigenvalue weighted by atomic mass is 32.1. The lowest BCUT2D eigenvalue weighted by Gasteiger charge is -2.22. The van der Waals surface area contributed by atoms with Crippen molar-refractivity contribution in [2.24, 2.45) is 0 Å². The molecule has 3 heterocycles. The first-order chi connectivity index (χ1) is 14.2. The van der Waals surface area contributed by atoms with Crippen molar-refractivity contribution < 1.29 is 4.74 Å². The Hall–Kier alpha value is -2.70. The van der Waals surface area contributed by atoms with Crippen molar-refractivity contribution in [3.8, 4) is 5.75 Å². The summed E-state index contributed by atoms with van der Waals surface area (Å²) in [6.45, 7) is 5.89. The Labute approximate surface area is 175 Å². The summed E-state index contributed by atoms with van der Waals surface area (Å²) in [6.07, 6.45) is 6.80. The molecule has 0 aliphatic heterocycles. The molecule has 4 aromatic rings. The molecule has 3 aromatic heterocycles. The maximum Gasteiger partial charge on any atom is 0.145 e. The minimum atomic E-state index is 0.814. The van der Waals surface area contributed by atoms with Gasteiger partial charge >= 0.3 is 0 Å². The zero-order chi connectivity index (χ0) is 20.1. The molecule has 0 aliphatic rings. The zero-order valence-electron chi connectivity index (χ0n) is 16.9. The fourth-order valence-corrected chi connectivity index (χ4v) is 4.48. The van der Waals surface area contributed by atoms with Crippen LogP contribution in [0.15, 0.2) is 61.2 Å². The Bertz CT molecular complexity index is 1060. The van der Waals surface area contributed by atoms with Crippen LogP contribution in [0, 0.1) is 6.92 Å². The minimum Gasteiger partial charge on any atom is -0.494 e. The summed E-state index contributed by atoms with van der Waals surface area (Å²) in [6, 6.07) is 14.7. The van der Waals surface area contributed by atoms with E-state index in [0.29, 0.717) is 0 Å². The Morgan fingerprint density at radius 3 is 2.79 bits per heavy atom. The van der Waals surface area contributed by atoms with Crippen LogP contribution < -0.4 is 4.74 Å². The van der Waals surface area contributed by atoms with Gasteiger partial charge in [0.05, 0.1) is 19.1 Å². The lowest BCUT2D eigenvalue weighted by molar-refractivity contribution is 0.248. The highest BCUT2D eigenvalue weighted by Gasteiger charge is 2.11. The molecule has 1 aromatic carbocycles. The number of hydrogen-bond donors (Lipinski definition) is 0. The Morgan fingerprint density at radius 1 is 1.10 bits per heavy atom. The van der Waals surface area contributed by atoms with E-state index in [-0.39, 0.29) is 0 Å². The summed E-state index contributed by atoms with van der Waals surface area (Å²) >= 11 is 1.87. The van der Waals surface area contributed by atoms with Crippen LogP contribution in [0.25, 0.3) is 10.9 Å². The molecule has 150 valence electrons. The molecule has 4 rings (SSSR count). The summed E-state index contributed by atoms with van der Waals surface area (Å²) in [4.78, 5) is 14.3. The smallest absolute Gasteiger partial charge is 0.145 e. The molecule has 0 N–H and O–H groups in total. The molecular weight excluding hydrogens is 380 g/mol. The predicted molar refractivity (Wildman–Crippen MR) is 118 cm³/mol. The second-order valence-electron chi connectivity index (χ2n) is 7.21. The van der Waals surface area contributed by atoms with E-state index >= 15 is 0 Å². The van der Waals surface area contributed by atoms with E-state index in [2.05, 4.69) is 51.7 Å². The van der Waals surface area contributed by atoms with Gasteiger partial charge in [0.25, 0.3) is 0 Å². The van der Waals surface area contributed by atoms with Gasteiger partial charge in [-0.3, -0.25) is 4.90 Å². The van der Waals surface area contributed by atoms with Gasteiger partial charge < -0.3 is 9.30 Å². The molecule has 29 heavy (non-hydrogen) atoms. The van der Waals surface area contributed by atoms with Crippen LogP contribution >= 0.6 is 11.3 Å². The Balaban J connectivity index is 1.50. The second-order valence-corrected chi connectivity index (χ2v) is 8.58. The molecule has 0 bridgehead atoms. The topological polar surface area (TPSA) is 43.2 Å². The van der Waals surface area contributed by atoms with E-state index in [1.54, 1.807) is 7.11 Å². The number of hydrogen-bond acceptors (Lipinski definition) is 5. The maximum atomic E-state index is 5.51. The van der Waals surface area contributed by atoms with Crippen molar-refractivity contribution in [1.82, 2.24) is 19.4 Å². The third-order valence-electron chi connectivity index (χ3n) is 4.97. The van der Waals surface area contributed by atoms with Gasteiger partial charge in [-0.05, 0) is 37.6 Å². The molecule has 0 unspecified atom stereocenters. The molecule has 0 fully saturated rings. The lowest BCUT2D eigenvalue weighted by Crippen LogP contribution is -2.25. The third-order valence-corrected chi connectivity index (χ3v) is 5.96. The van der Waals surface area contributed by atoms with E-state index in [0.717, 1.165) is 54.9 Å². The highest BCUT2D eigenvalue weighted by Crippen LogP contribution is 2.24. The molecule has 0 amide bonds. The van der Waals surface area contributed by atoms with Gasteiger partial charge in [-0.2, -0.15) is 0 Å². The van der Waals surface area contributed by atoms with Crippen molar-refractivity contribution in [3.05, 3.63) is 76.6 Å². The third kappa shape index (κ3) is 5.02. The van der Waals surface area contributed by atoms with Gasteiger partial charge in [-0.1, -0.05) is 18.2 Å². The first-order valence-electron chi connectivity index (χ1n) is 9.87. The maximum absolute atomic E-state index is 5.51. The molecule has 6 heteroatoms. The van der Waals surface area contributed by atoms with Gasteiger partial charge in [0.1, 0.15) is 11.3 Å². The number of rotatable bonds is 9. The first-order valence-corrected chi connectivity index (χ1v) is 10.7. The molecule has 0 saturated heterocycles. The quantitative estimate of drug-likeness (QED) is 0.396. The Kier molecular flexibility index (Phi) is 6.22. The zero-order valence-corrected chi connectivity index (χ0v) is 17.7. The van der Waals surface area contributed by atoms with Crippen LogP contribution in [0.4, 0.5) is 0 Å². The van der Waals surface area contributed by atoms with E-state index in [9.17, 15) is 0 Å². The van der Waals surface area contributed by atoms with E-state index in [1.807, 2.05) is 42.2 Å². The van der Waals surface area contributed by atoms with E-state index in [1.165, 1.54) is 9.75 Å². The van der Waals surface area contributed by atoms with Crippen LogP contribution in [0.1, 0.15) is 21.9 Å². The number of para-hydroxylation sites is 1. The van der Waals surface area contributed by atoms with Gasteiger partial charge in [0.2, 0.25) is 0 Å². The second kappa shape index (κ2) is 9.20. The normalized spacial score (nSPS) is 11.4. The van der Waals surface area contributed by atoms with Crippen molar-refractivity contribution in [1.29, 1.82) is 0 Å². The van der Waals surface area contributed by atoms with E-state index < -0.39 is 0 Å². The number of imidazole rings is 1. The number of fused-ring (bicyclic) bond motifs is 1. The summed E-state index contributed by atoms with van der Waals surface area (Å²) in [5, 5.41) is 1.11. The largest absolute Gasteiger partial charge is 0.494 e. The van der Waals surface area contributed by atoms with Crippen LogP contribution in [-0.4, -0.2) is 33.1 Å². The standard InChI is InChI=1S/C23H26N4OS/c1-18-7-10-21(29-18)16-27(13-4-12-26-14-11-24-17-26)15-20-9-8-19-5-3-6-22(28-2)23(19)25-20/h3,5-11,14,17H,4,12-13,15-16H2,1-2H3. The SMILES string of the molecule is COc1cccc2ccc(CN(CCCn3ccnc3)Cc3ccc(C)s3)nc12. The van der Waals surface area contributed by atoms with Crippen molar-refractivity contribution in [2.45, 2.75) is 33.0 Å². The van der Waals surface area contributed by atoms with Crippen molar-refractivity contribution in [2.75, 3.05) is 13.7 Å². The predicted octanol–water partition coefficient (Wildman–Crippen LogP) is 4.90. The molecule has 0 spiro atoms. The van der Waals surface area contributed by atoms with Gasteiger partial charge in [-0.15, -0.1) is 11.3 Å². The monoisotopic (exact) mass is 406 g/mol. The number of methoxy groups -OCH3 is 1. The number of thiophene rings is 1. The summed E-state index contributed by atoms with van der Waals surface area (Å²) < 4.78 is 7.64. The summed E-state index contributed by atoms with van der Waals surface area (Å²) in [7, 11) is 1.70.